The molecule has 2 aromatic heterocycles. The molecule has 1 N–H and O–H groups in total. The van der Waals surface area contributed by atoms with Crippen molar-refractivity contribution in [2.24, 2.45) is 0 Å². The van der Waals surface area contributed by atoms with Crippen LogP contribution in [-0.4, -0.2) is 26.8 Å². The second kappa shape index (κ2) is 6.01. The molecule has 2 aromatic rings. The van der Waals surface area contributed by atoms with Gasteiger partial charge in [0, 0.05) is 0 Å². The van der Waals surface area contributed by atoms with Crippen LogP contribution in [0.25, 0.3) is 10.8 Å². The molecule has 0 aliphatic carbocycles. The topological polar surface area (TPSA) is 76.7 Å². The highest BCUT2D eigenvalue weighted by molar-refractivity contribution is 7.09. The Morgan fingerprint density at radius 3 is 2.78 bits per heavy atom. The maximum absolute atomic E-state index is 5.70. The molecule has 0 saturated heterocycles. The molecule has 7 heteroatoms. The highest BCUT2D eigenvalue weighted by Gasteiger charge is 2.19. The first kappa shape index (κ1) is 13.1. The monoisotopic (exact) mass is 267 g/mol. The molecule has 1 unspecified atom stereocenters. The summed E-state index contributed by atoms with van der Waals surface area (Å²) < 4.78 is 9.66. The van der Waals surface area contributed by atoms with Crippen LogP contribution in [0, 0.1) is 0 Å². The van der Waals surface area contributed by atoms with Gasteiger partial charge >= 0.3 is 0 Å². The van der Waals surface area contributed by atoms with Crippen molar-refractivity contribution in [2.45, 2.75) is 39.2 Å². The fourth-order valence-electron chi connectivity index (χ4n) is 1.74. The third kappa shape index (κ3) is 2.56. The van der Waals surface area contributed by atoms with Crippen molar-refractivity contribution in [1.29, 1.82) is 0 Å². The normalized spacial score (nSPS) is 12.8. The Labute approximate surface area is 110 Å². The lowest BCUT2D eigenvalue weighted by Crippen LogP contribution is -2.15. The predicted octanol–water partition coefficient (Wildman–Crippen LogP) is 2.21. The molecule has 6 nitrogen and oxygen atoms in total. The SMILES string of the molecule is CCCc1nnsc1-c1nnc(C(CC)NC)o1. The molecule has 1 atom stereocenters. The highest BCUT2D eigenvalue weighted by Crippen LogP contribution is 2.27. The van der Waals surface area contributed by atoms with E-state index in [1.54, 1.807) is 0 Å². The van der Waals surface area contributed by atoms with Crippen LogP contribution in [0.5, 0.6) is 0 Å². The third-order valence-corrected chi connectivity index (χ3v) is 3.49. The van der Waals surface area contributed by atoms with E-state index >= 15 is 0 Å². The number of hydrogen-bond donors (Lipinski definition) is 1. The lowest BCUT2D eigenvalue weighted by Gasteiger charge is -2.06. The van der Waals surface area contributed by atoms with Gasteiger partial charge in [0.05, 0.1) is 11.7 Å². The zero-order chi connectivity index (χ0) is 13.0. The standard InChI is InChI=1S/C11H17N5OS/c1-4-6-8-9(18-16-13-8)11-15-14-10(17-11)7(5-2)12-3/h7,12H,4-6H2,1-3H3. The van der Waals surface area contributed by atoms with Crippen LogP contribution in [0.1, 0.15) is 44.3 Å². The fraction of sp³-hybridized carbons (Fsp3) is 0.636. The summed E-state index contributed by atoms with van der Waals surface area (Å²) in [4.78, 5) is 0.890. The average Bonchev–Trinajstić information content (AvgIpc) is 3.00. The first-order chi connectivity index (χ1) is 8.80. The zero-order valence-corrected chi connectivity index (χ0v) is 11.6. The quantitative estimate of drug-likeness (QED) is 0.864. The summed E-state index contributed by atoms with van der Waals surface area (Å²) in [7, 11) is 1.88. The lowest BCUT2D eigenvalue weighted by molar-refractivity contribution is 0.415. The van der Waals surface area contributed by atoms with Gasteiger partial charge in [0.15, 0.2) is 0 Å². The van der Waals surface area contributed by atoms with Crippen LogP contribution in [0.4, 0.5) is 0 Å². The van der Waals surface area contributed by atoms with Crippen LogP contribution in [0.3, 0.4) is 0 Å². The van der Waals surface area contributed by atoms with Gasteiger partial charge in [0.1, 0.15) is 4.88 Å². The molecule has 0 radical (unpaired) electrons. The largest absolute Gasteiger partial charge is 0.418 e. The van der Waals surface area contributed by atoms with Gasteiger partial charge < -0.3 is 9.73 Å². The summed E-state index contributed by atoms with van der Waals surface area (Å²) in [5.41, 5.74) is 0.940. The maximum atomic E-state index is 5.70. The van der Waals surface area contributed by atoms with Gasteiger partial charge in [-0.1, -0.05) is 24.8 Å². The van der Waals surface area contributed by atoms with Crippen LogP contribution >= 0.6 is 11.5 Å². The molecule has 0 bridgehead atoms. The van der Waals surface area contributed by atoms with Gasteiger partial charge in [0.2, 0.25) is 5.89 Å². The molecule has 0 fully saturated rings. The predicted molar refractivity (Wildman–Crippen MR) is 69.3 cm³/mol. The first-order valence-corrected chi connectivity index (χ1v) is 6.89. The molecule has 0 aliphatic heterocycles. The van der Waals surface area contributed by atoms with Crippen molar-refractivity contribution in [3.8, 4) is 10.8 Å². The number of aryl methyl sites for hydroxylation is 1. The lowest BCUT2D eigenvalue weighted by atomic mass is 10.2. The third-order valence-electron chi connectivity index (χ3n) is 2.73. The van der Waals surface area contributed by atoms with Crippen molar-refractivity contribution in [1.82, 2.24) is 25.1 Å². The Hall–Kier alpha value is -1.34. The Morgan fingerprint density at radius 2 is 2.11 bits per heavy atom. The van der Waals surface area contributed by atoms with E-state index in [1.165, 1.54) is 11.5 Å². The molecule has 2 heterocycles. The van der Waals surface area contributed by atoms with Crippen molar-refractivity contribution in [3.63, 3.8) is 0 Å². The summed E-state index contributed by atoms with van der Waals surface area (Å²) in [6.45, 7) is 4.18. The van der Waals surface area contributed by atoms with Gasteiger partial charge in [-0.2, -0.15) is 0 Å². The van der Waals surface area contributed by atoms with E-state index in [0.717, 1.165) is 29.8 Å². The number of aromatic nitrogens is 4. The summed E-state index contributed by atoms with van der Waals surface area (Å²) in [6, 6.07) is 0.0988. The molecular formula is C11H17N5OS. The van der Waals surface area contributed by atoms with E-state index in [9.17, 15) is 0 Å². The second-order valence-corrected chi connectivity index (χ2v) is 4.75. The van der Waals surface area contributed by atoms with E-state index in [0.29, 0.717) is 11.8 Å². The van der Waals surface area contributed by atoms with E-state index in [2.05, 4.69) is 38.9 Å². The molecule has 0 amide bonds. The first-order valence-electron chi connectivity index (χ1n) is 6.12. The van der Waals surface area contributed by atoms with Gasteiger partial charge in [-0.25, -0.2) is 0 Å². The fourth-order valence-corrected chi connectivity index (χ4v) is 2.37. The van der Waals surface area contributed by atoms with E-state index in [-0.39, 0.29) is 6.04 Å². The van der Waals surface area contributed by atoms with Gasteiger partial charge in [-0.05, 0) is 31.4 Å². The number of nitrogens with zero attached hydrogens (tertiary/aromatic N) is 4. The highest BCUT2D eigenvalue weighted by atomic mass is 32.1. The zero-order valence-electron chi connectivity index (χ0n) is 10.8. The van der Waals surface area contributed by atoms with E-state index < -0.39 is 0 Å². The summed E-state index contributed by atoms with van der Waals surface area (Å²) in [5, 5.41) is 15.4. The van der Waals surface area contributed by atoms with Crippen molar-refractivity contribution in [2.75, 3.05) is 7.05 Å². The van der Waals surface area contributed by atoms with Crippen LogP contribution in [0.15, 0.2) is 4.42 Å². The van der Waals surface area contributed by atoms with Crippen LogP contribution in [-0.2, 0) is 6.42 Å². The smallest absolute Gasteiger partial charge is 0.261 e. The Kier molecular flexibility index (Phi) is 4.38. The number of nitrogens with one attached hydrogen (secondary N) is 1. The summed E-state index contributed by atoms with van der Waals surface area (Å²) in [6.07, 6.45) is 2.81. The average molecular weight is 267 g/mol. The van der Waals surface area contributed by atoms with Gasteiger partial charge in [0.25, 0.3) is 5.89 Å². The molecule has 0 aliphatic rings. The maximum Gasteiger partial charge on any atom is 0.261 e. The second-order valence-electron chi connectivity index (χ2n) is 3.99. The van der Waals surface area contributed by atoms with E-state index in [4.69, 9.17) is 4.42 Å². The summed E-state index contributed by atoms with van der Waals surface area (Å²) in [5.74, 6) is 1.14. The van der Waals surface area contributed by atoms with E-state index in [1.807, 2.05) is 7.05 Å². The molecule has 98 valence electrons. The van der Waals surface area contributed by atoms with Gasteiger partial charge in [-0.3, -0.25) is 0 Å². The van der Waals surface area contributed by atoms with Crippen LogP contribution < -0.4 is 5.32 Å². The van der Waals surface area contributed by atoms with Crippen molar-refractivity contribution in [3.05, 3.63) is 11.6 Å². The van der Waals surface area contributed by atoms with Crippen LogP contribution in [0.2, 0.25) is 0 Å². The number of rotatable bonds is 6. The van der Waals surface area contributed by atoms with Gasteiger partial charge in [-0.15, -0.1) is 15.3 Å². The molecule has 0 aromatic carbocycles. The molecular weight excluding hydrogens is 250 g/mol. The van der Waals surface area contributed by atoms with Crippen molar-refractivity contribution >= 4 is 11.5 Å². The molecule has 2 rings (SSSR count). The minimum absolute atomic E-state index is 0.0988. The minimum atomic E-state index is 0.0988. The molecule has 18 heavy (non-hydrogen) atoms. The summed E-state index contributed by atoms with van der Waals surface area (Å²) >= 11 is 1.31. The molecule has 0 saturated carbocycles. The molecule has 0 spiro atoms. The van der Waals surface area contributed by atoms with Crippen molar-refractivity contribution < 1.29 is 4.42 Å². The minimum Gasteiger partial charge on any atom is -0.418 e. The Balaban J connectivity index is 2.26. The Bertz CT molecular complexity index is 491. The Morgan fingerprint density at radius 1 is 1.28 bits per heavy atom. The number of hydrogen-bond acceptors (Lipinski definition) is 7.